The molecule has 0 bridgehead atoms. The zero-order valence-electron chi connectivity index (χ0n) is 20.2. The lowest BCUT2D eigenvalue weighted by Gasteiger charge is -2.47. The molecule has 2 aliphatic heterocycles. The smallest absolute Gasteiger partial charge is 0.400 e. The van der Waals surface area contributed by atoms with E-state index in [4.69, 9.17) is 20.9 Å². The summed E-state index contributed by atoms with van der Waals surface area (Å²) in [4.78, 5) is 2.60. The fourth-order valence-electron chi connectivity index (χ4n) is 5.74. The third-order valence-electron chi connectivity index (χ3n) is 8.84. The van der Waals surface area contributed by atoms with Crippen molar-refractivity contribution >= 4 is 24.3 Å². The minimum absolute atomic E-state index is 0.195. The van der Waals surface area contributed by atoms with Crippen LogP contribution in [0.4, 0.5) is 0 Å². The fraction of sp³-hybridized carbons (Fsp3) is 0.630. The third kappa shape index (κ3) is 4.24. The van der Waals surface area contributed by atoms with E-state index in [1.54, 1.807) is 11.1 Å². The van der Waals surface area contributed by atoms with Gasteiger partial charge in [-0.1, -0.05) is 41.8 Å². The summed E-state index contributed by atoms with van der Waals surface area (Å²) in [5.41, 5.74) is 5.95. The molecule has 3 nitrogen and oxygen atoms in total. The van der Waals surface area contributed by atoms with Crippen molar-refractivity contribution in [3.63, 3.8) is 0 Å². The van der Waals surface area contributed by atoms with E-state index in [0.29, 0.717) is 5.41 Å². The lowest BCUT2D eigenvalue weighted by Crippen LogP contribution is -2.41. The van der Waals surface area contributed by atoms with Crippen LogP contribution in [0.15, 0.2) is 41.4 Å². The highest BCUT2D eigenvalue weighted by Crippen LogP contribution is 2.55. The molecule has 1 saturated heterocycles. The Kier molecular flexibility index (Phi) is 5.89. The normalized spacial score (nSPS) is 26.9. The largest absolute Gasteiger partial charge is 0.490 e. The van der Waals surface area contributed by atoms with Crippen LogP contribution in [-0.4, -0.2) is 42.9 Å². The van der Waals surface area contributed by atoms with E-state index in [9.17, 15) is 0 Å². The summed E-state index contributed by atoms with van der Waals surface area (Å²) >= 11 is 6.19. The van der Waals surface area contributed by atoms with Gasteiger partial charge in [-0.3, -0.25) is 4.90 Å². The van der Waals surface area contributed by atoms with E-state index in [-0.39, 0.29) is 18.3 Å². The SMILES string of the molecule is CC1(C)OB(C2=CCN(CC3=C(c4ccc(Cl)cc4)CC4(CCC4)CC3)CC2)OC1(C)C. The van der Waals surface area contributed by atoms with Gasteiger partial charge in [-0.05, 0) is 100 Å². The molecule has 5 rings (SSSR count). The maximum atomic E-state index is 6.29. The van der Waals surface area contributed by atoms with Crippen LogP contribution >= 0.6 is 11.6 Å². The highest BCUT2D eigenvalue weighted by atomic mass is 35.5. The molecule has 0 N–H and O–H groups in total. The van der Waals surface area contributed by atoms with Gasteiger partial charge in [-0.25, -0.2) is 0 Å². The van der Waals surface area contributed by atoms with Gasteiger partial charge in [-0.2, -0.15) is 0 Å². The fourth-order valence-corrected chi connectivity index (χ4v) is 5.87. The van der Waals surface area contributed by atoms with E-state index < -0.39 is 0 Å². The van der Waals surface area contributed by atoms with Crippen molar-refractivity contribution in [3.05, 3.63) is 52.0 Å². The Balaban J connectivity index is 1.30. The summed E-state index contributed by atoms with van der Waals surface area (Å²) < 4.78 is 12.6. The number of rotatable bonds is 4. The highest BCUT2D eigenvalue weighted by molar-refractivity contribution is 6.54. The molecule has 172 valence electrons. The van der Waals surface area contributed by atoms with Gasteiger partial charge in [0, 0.05) is 24.7 Å². The second-order valence-corrected chi connectivity index (χ2v) is 11.9. The first-order valence-electron chi connectivity index (χ1n) is 12.4. The molecule has 2 aliphatic carbocycles. The first-order chi connectivity index (χ1) is 15.2. The molecule has 0 radical (unpaired) electrons. The van der Waals surface area contributed by atoms with Crippen LogP contribution in [0.2, 0.25) is 5.02 Å². The summed E-state index contributed by atoms with van der Waals surface area (Å²) in [5, 5.41) is 0.821. The zero-order valence-corrected chi connectivity index (χ0v) is 20.9. The minimum atomic E-state index is -0.270. The quantitative estimate of drug-likeness (QED) is 0.473. The van der Waals surface area contributed by atoms with Crippen LogP contribution in [-0.2, 0) is 9.31 Å². The molecule has 0 atom stereocenters. The van der Waals surface area contributed by atoms with Crippen molar-refractivity contribution in [2.24, 2.45) is 5.41 Å². The molecule has 2 heterocycles. The summed E-state index contributed by atoms with van der Waals surface area (Å²) in [5.74, 6) is 0. The molecule has 0 unspecified atom stereocenters. The number of hydrogen-bond donors (Lipinski definition) is 0. The van der Waals surface area contributed by atoms with Gasteiger partial charge in [0.25, 0.3) is 0 Å². The van der Waals surface area contributed by atoms with Gasteiger partial charge in [0.05, 0.1) is 11.2 Å². The van der Waals surface area contributed by atoms with E-state index in [0.717, 1.165) is 31.1 Å². The van der Waals surface area contributed by atoms with Crippen LogP contribution in [0.3, 0.4) is 0 Å². The molecule has 1 saturated carbocycles. The number of allylic oxidation sites excluding steroid dienone is 1. The van der Waals surface area contributed by atoms with Gasteiger partial charge in [-0.15, -0.1) is 0 Å². The van der Waals surface area contributed by atoms with E-state index in [1.807, 2.05) is 12.1 Å². The lowest BCUT2D eigenvalue weighted by atomic mass is 9.59. The number of nitrogens with zero attached hydrogens (tertiary/aromatic N) is 1. The monoisotopic (exact) mass is 453 g/mol. The Morgan fingerprint density at radius 1 is 0.969 bits per heavy atom. The van der Waals surface area contributed by atoms with Crippen LogP contribution in [0.5, 0.6) is 0 Å². The van der Waals surface area contributed by atoms with Gasteiger partial charge in [0.2, 0.25) is 0 Å². The average Bonchev–Trinajstić information content (AvgIpc) is 2.95. The highest BCUT2D eigenvalue weighted by Gasteiger charge is 2.52. The second-order valence-electron chi connectivity index (χ2n) is 11.5. The number of hydrogen-bond acceptors (Lipinski definition) is 3. The topological polar surface area (TPSA) is 21.7 Å². The van der Waals surface area contributed by atoms with Crippen LogP contribution < -0.4 is 0 Å². The maximum Gasteiger partial charge on any atom is 0.490 e. The standard InChI is InChI=1S/C27H37BClNO2/c1-25(2)26(3,4)32-28(31-25)22-11-16-30(17-12-22)19-21-10-15-27(13-5-14-27)18-24(21)20-6-8-23(29)9-7-20/h6-9,11H,5,10,12-19H2,1-4H3. The molecule has 0 aromatic heterocycles. The zero-order chi connectivity index (χ0) is 22.6. The van der Waals surface area contributed by atoms with Crippen molar-refractivity contribution in [1.82, 2.24) is 4.90 Å². The Morgan fingerprint density at radius 2 is 1.66 bits per heavy atom. The molecule has 5 heteroatoms. The van der Waals surface area contributed by atoms with Crippen molar-refractivity contribution < 1.29 is 9.31 Å². The van der Waals surface area contributed by atoms with Crippen LogP contribution in [0.25, 0.3) is 5.57 Å². The molecule has 0 amide bonds. The molecule has 4 aliphatic rings. The van der Waals surface area contributed by atoms with Crippen LogP contribution in [0, 0.1) is 5.41 Å². The Labute approximate surface area is 199 Å². The Hall–Kier alpha value is -1.07. The number of benzene rings is 1. The molecular weight excluding hydrogens is 417 g/mol. The molecule has 32 heavy (non-hydrogen) atoms. The average molecular weight is 454 g/mol. The molecule has 1 aromatic carbocycles. The first-order valence-corrected chi connectivity index (χ1v) is 12.8. The molecule has 2 fully saturated rings. The second kappa shape index (κ2) is 8.30. The van der Waals surface area contributed by atoms with Crippen molar-refractivity contribution in [1.29, 1.82) is 0 Å². The molecule has 1 aromatic rings. The summed E-state index contributed by atoms with van der Waals surface area (Å²) in [6, 6.07) is 8.54. The van der Waals surface area contributed by atoms with E-state index in [1.165, 1.54) is 49.6 Å². The van der Waals surface area contributed by atoms with Crippen LogP contribution in [0.1, 0.15) is 78.2 Å². The van der Waals surface area contributed by atoms with Gasteiger partial charge < -0.3 is 9.31 Å². The summed E-state index contributed by atoms with van der Waals surface area (Å²) in [7, 11) is -0.195. The van der Waals surface area contributed by atoms with Crippen molar-refractivity contribution in [2.75, 3.05) is 19.6 Å². The number of halogens is 1. The predicted molar refractivity (Wildman–Crippen MR) is 134 cm³/mol. The third-order valence-corrected chi connectivity index (χ3v) is 9.09. The summed E-state index contributed by atoms with van der Waals surface area (Å²) in [6.07, 6.45) is 11.4. The van der Waals surface area contributed by atoms with Gasteiger partial charge in [0.15, 0.2) is 0 Å². The van der Waals surface area contributed by atoms with E-state index in [2.05, 4.69) is 50.8 Å². The minimum Gasteiger partial charge on any atom is -0.400 e. The van der Waals surface area contributed by atoms with Gasteiger partial charge >= 0.3 is 7.12 Å². The molecule has 1 spiro atoms. The molecular formula is C27H37BClNO2. The van der Waals surface area contributed by atoms with E-state index >= 15 is 0 Å². The maximum absolute atomic E-state index is 6.29. The summed E-state index contributed by atoms with van der Waals surface area (Å²) in [6.45, 7) is 11.6. The Morgan fingerprint density at radius 3 is 2.22 bits per heavy atom. The van der Waals surface area contributed by atoms with Crippen molar-refractivity contribution in [2.45, 2.75) is 83.8 Å². The van der Waals surface area contributed by atoms with Crippen molar-refractivity contribution in [3.8, 4) is 0 Å². The lowest BCUT2D eigenvalue weighted by molar-refractivity contribution is 0.00578. The predicted octanol–water partition coefficient (Wildman–Crippen LogP) is 6.71. The first kappa shape index (κ1) is 22.7. The van der Waals surface area contributed by atoms with Gasteiger partial charge in [0.1, 0.15) is 0 Å². The Bertz CT molecular complexity index is 913.